The van der Waals surface area contributed by atoms with Crippen molar-refractivity contribution < 1.29 is 4.79 Å². The van der Waals surface area contributed by atoms with Crippen molar-refractivity contribution in [2.24, 2.45) is 4.99 Å². The molecule has 0 spiro atoms. The Labute approximate surface area is 180 Å². The molecule has 159 valence electrons. The zero-order valence-electron chi connectivity index (χ0n) is 17.4. The fraction of sp³-hybridized carbons (Fsp3) is 0.318. The SMILES string of the molecule is Cc1cc(NC2=CN(c3cccc(C(=O)NC4CCNCC4)c3)CC3=NC=C[N+]23)n[nH]1. The van der Waals surface area contributed by atoms with Gasteiger partial charge in [-0.3, -0.25) is 15.2 Å². The van der Waals surface area contributed by atoms with Gasteiger partial charge in [0.25, 0.3) is 17.6 Å². The summed E-state index contributed by atoms with van der Waals surface area (Å²) in [6.07, 6.45) is 7.65. The summed E-state index contributed by atoms with van der Waals surface area (Å²) in [6.45, 7) is 4.46. The van der Waals surface area contributed by atoms with Crippen LogP contribution in [-0.2, 0) is 0 Å². The molecule has 9 nitrogen and oxygen atoms in total. The van der Waals surface area contributed by atoms with E-state index < -0.39 is 0 Å². The molecule has 3 aliphatic rings. The molecule has 31 heavy (non-hydrogen) atoms. The third-order valence-electron chi connectivity index (χ3n) is 5.64. The van der Waals surface area contributed by atoms with Crippen molar-refractivity contribution in [1.29, 1.82) is 0 Å². The lowest BCUT2D eigenvalue weighted by Gasteiger charge is -2.26. The number of aryl methyl sites for hydroxylation is 1. The highest BCUT2D eigenvalue weighted by Gasteiger charge is 2.37. The number of aromatic amines is 1. The number of amides is 1. The van der Waals surface area contributed by atoms with E-state index in [1.807, 2.05) is 54.6 Å². The summed E-state index contributed by atoms with van der Waals surface area (Å²) in [5.41, 5.74) is 2.58. The van der Waals surface area contributed by atoms with Gasteiger partial charge < -0.3 is 15.5 Å². The van der Waals surface area contributed by atoms with E-state index in [0.29, 0.717) is 12.1 Å². The zero-order chi connectivity index (χ0) is 21.2. The number of anilines is 2. The van der Waals surface area contributed by atoms with Crippen LogP contribution in [0.1, 0.15) is 28.9 Å². The van der Waals surface area contributed by atoms with Crippen LogP contribution < -0.4 is 25.8 Å². The number of aromatic nitrogens is 2. The topological polar surface area (TPSA) is 103 Å². The van der Waals surface area contributed by atoms with E-state index in [1.165, 1.54) is 0 Å². The molecule has 9 heteroatoms. The maximum atomic E-state index is 12.8. The molecule has 1 radical (unpaired) electrons. The summed E-state index contributed by atoms with van der Waals surface area (Å²) in [5.74, 6) is 2.46. The Morgan fingerprint density at radius 2 is 2.13 bits per heavy atom. The normalized spacial score (nSPS) is 19.1. The molecule has 4 N–H and O–H groups in total. The van der Waals surface area contributed by atoms with Crippen LogP contribution in [0.25, 0.3) is 0 Å². The molecule has 1 aromatic heterocycles. The number of fused-ring (bicyclic) bond motifs is 1. The van der Waals surface area contributed by atoms with Gasteiger partial charge in [-0.2, -0.15) is 10.1 Å². The van der Waals surface area contributed by atoms with Gasteiger partial charge in [0, 0.05) is 29.1 Å². The number of hydrogen-bond acceptors (Lipinski definition) is 7. The first-order chi connectivity index (χ1) is 15.2. The van der Waals surface area contributed by atoms with Crippen LogP contribution in [0.3, 0.4) is 0 Å². The molecule has 4 heterocycles. The van der Waals surface area contributed by atoms with Gasteiger partial charge in [-0.1, -0.05) is 6.07 Å². The number of piperidine rings is 1. The monoisotopic (exact) mass is 418 g/mol. The van der Waals surface area contributed by atoms with Gasteiger partial charge in [0.15, 0.2) is 12.0 Å². The van der Waals surface area contributed by atoms with E-state index >= 15 is 0 Å². The fourth-order valence-corrected chi connectivity index (χ4v) is 4.01. The second-order valence-electron chi connectivity index (χ2n) is 7.96. The van der Waals surface area contributed by atoms with Crippen molar-refractivity contribution in [3.05, 3.63) is 66.0 Å². The fourth-order valence-electron chi connectivity index (χ4n) is 4.01. The number of rotatable bonds is 5. The first kappa shape index (κ1) is 19.5. The molecule has 2 aromatic rings. The molecule has 3 aliphatic heterocycles. The summed E-state index contributed by atoms with van der Waals surface area (Å²) in [6, 6.07) is 9.90. The highest BCUT2D eigenvalue weighted by molar-refractivity contribution is 5.97. The second kappa shape index (κ2) is 8.37. The molecule has 5 rings (SSSR count). The minimum Gasteiger partial charge on any atom is -0.349 e. The Hall–Kier alpha value is -3.43. The first-order valence-electron chi connectivity index (χ1n) is 10.6. The van der Waals surface area contributed by atoms with Gasteiger partial charge in [-0.25, -0.2) is 0 Å². The molecule has 1 amide bonds. The predicted molar refractivity (Wildman–Crippen MR) is 121 cm³/mol. The number of carbonyl (C=O) groups excluding carboxylic acids is 1. The molecule has 1 aromatic carbocycles. The van der Waals surface area contributed by atoms with Gasteiger partial charge in [0.05, 0.1) is 12.4 Å². The van der Waals surface area contributed by atoms with Crippen molar-refractivity contribution in [3.8, 4) is 0 Å². The Balaban J connectivity index is 1.37. The number of hydrogen-bond donors (Lipinski definition) is 4. The molecular formula is C22H26N8O+. The van der Waals surface area contributed by atoms with Crippen molar-refractivity contribution in [3.63, 3.8) is 0 Å². The van der Waals surface area contributed by atoms with Crippen LogP contribution in [-0.4, -0.2) is 47.6 Å². The van der Waals surface area contributed by atoms with Gasteiger partial charge in [0.2, 0.25) is 0 Å². The van der Waals surface area contributed by atoms with Gasteiger partial charge >= 0.3 is 0 Å². The molecule has 1 fully saturated rings. The summed E-state index contributed by atoms with van der Waals surface area (Å²) < 4.78 is 0. The standard InChI is InChI=1S/C22H26N8O/c1-15-11-19(28-27-15)26-21-14-29(13-20-24-9-10-30(20)21)18-4-2-3-16(12-18)22(31)25-17-5-7-23-8-6-17/h2-4,9-12,14,17,23H,5-8,13H2,1H3,(H,25,31)(H2,26,27,28)/q+1. The Bertz CT molecular complexity index is 1060. The Morgan fingerprint density at radius 1 is 1.26 bits per heavy atom. The highest BCUT2D eigenvalue weighted by atomic mass is 16.1. The van der Waals surface area contributed by atoms with Gasteiger partial charge in [0.1, 0.15) is 6.54 Å². The number of amidine groups is 1. The molecule has 1 saturated heterocycles. The molecule has 0 atom stereocenters. The largest absolute Gasteiger partial charge is 0.349 e. The minimum atomic E-state index is -0.0263. The molecular weight excluding hydrogens is 392 g/mol. The Kier molecular flexibility index (Phi) is 5.27. The van der Waals surface area contributed by atoms with Crippen LogP contribution in [0.5, 0.6) is 0 Å². The first-order valence-corrected chi connectivity index (χ1v) is 10.6. The third kappa shape index (κ3) is 4.23. The number of benzene rings is 1. The summed E-state index contributed by atoms with van der Waals surface area (Å²) >= 11 is 0. The van der Waals surface area contributed by atoms with E-state index in [1.54, 1.807) is 6.20 Å². The van der Waals surface area contributed by atoms with Gasteiger partial charge in [-0.15, -0.1) is 0 Å². The maximum absolute atomic E-state index is 12.8. The van der Waals surface area contributed by atoms with E-state index in [4.69, 9.17) is 0 Å². The lowest BCUT2D eigenvalue weighted by atomic mass is 10.1. The van der Waals surface area contributed by atoms with Crippen molar-refractivity contribution >= 4 is 23.2 Å². The van der Waals surface area contributed by atoms with E-state index in [2.05, 4.69) is 36.0 Å². The number of carbonyl (C=O) groups is 1. The smallest absolute Gasteiger partial charge is 0.284 e. The van der Waals surface area contributed by atoms with Crippen molar-refractivity contribution in [1.82, 2.24) is 25.7 Å². The minimum absolute atomic E-state index is 0.0263. The van der Waals surface area contributed by atoms with Gasteiger partial charge in [-0.05, 0) is 56.0 Å². The average Bonchev–Trinajstić information content (AvgIpc) is 3.43. The maximum Gasteiger partial charge on any atom is 0.284 e. The van der Waals surface area contributed by atoms with E-state index in [9.17, 15) is 4.79 Å². The summed E-state index contributed by atoms with van der Waals surface area (Å²) in [7, 11) is 0. The average molecular weight is 419 g/mol. The van der Waals surface area contributed by atoms with Crippen LogP contribution in [0.4, 0.5) is 11.5 Å². The summed E-state index contributed by atoms with van der Waals surface area (Å²) in [4.78, 5) is 21.4. The molecule has 0 unspecified atom stereocenters. The lowest BCUT2D eigenvalue weighted by molar-refractivity contribution is 0.0929. The number of nitrogens with one attached hydrogen (secondary N) is 4. The lowest BCUT2D eigenvalue weighted by Crippen LogP contribution is -2.45. The van der Waals surface area contributed by atoms with Crippen LogP contribution >= 0.6 is 0 Å². The third-order valence-corrected chi connectivity index (χ3v) is 5.64. The van der Waals surface area contributed by atoms with E-state index in [0.717, 1.165) is 54.8 Å². The number of aliphatic imine (C=N–C) groups is 1. The molecule has 0 bridgehead atoms. The van der Waals surface area contributed by atoms with Crippen molar-refractivity contribution in [2.75, 3.05) is 29.9 Å². The number of nitrogens with zero attached hydrogens (tertiary/aromatic N) is 4. The molecule has 0 saturated carbocycles. The van der Waals surface area contributed by atoms with Crippen LogP contribution in [0.2, 0.25) is 0 Å². The second-order valence-corrected chi connectivity index (χ2v) is 7.96. The molecule has 0 aliphatic carbocycles. The zero-order valence-corrected chi connectivity index (χ0v) is 17.4. The highest BCUT2D eigenvalue weighted by Crippen LogP contribution is 2.24. The van der Waals surface area contributed by atoms with Crippen molar-refractivity contribution in [2.45, 2.75) is 25.8 Å². The summed E-state index contributed by atoms with van der Waals surface area (Å²) in [5, 5.41) is 17.1. The van der Waals surface area contributed by atoms with Crippen LogP contribution in [0.15, 0.2) is 59.7 Å². The van der Waals surface area contributed by atoms with Crippen LogP contribution in [0, 0.1) is 6.92 Å². The Morgan fingerprint density at radius 3 is 2.94 bits per heavy atom. The predicted octanol–water partition coefficient (Wildman–Crippen LogP) is 1.95. The quantitative estimate of drug-likeness (QED) is 0.556. The number of H-pyrrole nitrogens is 1. The van der Waals surface area contributed by atoms with E-state index in [-0.39, 0.29) is 11.9 Å².